The van der Waals surface area contributed by atoms with Crippen molar-refractivity contribution in [1.29, 1.82) is 0 Å². The average Bonchev–Trinajstić information content (AvgIpc) is 2.99. The maximum atomic E-state index is 13.8. The third-order valence-electron chi connectivity index (χ3n) is 4.38. The van der Waals surface area contributed by atoms with E-state index in [4.69, 9.17) is 16.3 Å². The monoisotopic (exact) mass is 376 g/mol. The zero-order valence-electron chi connectivity index (χ0n) is 14.4. The van der Waals surface area contributed by atoms with Gasteiger partial charge in [-0.15, -0.1) is 0 Å². The molecule has 7 heteroatoms. The Morgan fingerprint density at radius 1 is 1.31 bits per heavy atom. The first-order valence-electron chi connectivity index (χ1n) is 8.10. The molecule has 3 rings (SSSR count). The third kappa shape index (κ3) is 3.65. The van der Waals surface area contributed by atoms with Gasteiger partial charge in [0.15, 0.2) is 0 Å². The molecule has 1 fully saturated rings. The van der Waals surface area contributed by atoms with Crippen molar-refractivity contribution in [3.05, 3.63) is 52.8 Å². The normalized spacial score (nSPS) is 16.7. The molecule has 136 valence electrons. The van der Waals surface area contributed by atoms with E-state index in [-0.39, 0.29) is 30.6 Å². The molecule has 0 saturated carbocycles. The lowest BCUT2D eigenvalue weighted by Crippen LogP contribution is -2.28. The molecular formula is C19H18ClFN2O3. The Hall–Kier alpha value is -2.60. The Bertz CT molecular complexity index is 872. The van der Waals surface area contributed by atoms with Gasteiger partial charge in [-0.3, -0.25) is 9.59 Å². The van der Waals surface area contributed by atoms with Crippen LogP contribution in [0.4, 0.5) is 15.8 Å². The quantitative estimate of drug-likeness (QED) is 0.883. The van der Waals surface area contributed by atoms with Gasteiger partial charge in [-0.05, 0) is 42.8 Å². The van der Waals surface area contributed by atoms with Crippen LogP contribution in [0.25, 0.3) is 0 Å². The highest BCUT2D eigenvalue weighted by atomic mass is 35.5. The molecular weight excluding hydrogens is 359 g/mol. The molecule has 1 aliphatic heterocycles. The van der Waals surface area contributed by atoms with Crippen LogP contribution in [0.3, 0.4) is 0 Å². The van der Waals surface area contributed by atoms with E-state index in [2.05, 4.69) is 5.32 Å². The molecule has 1 aliphatic rings. The van der Waals surface area contributed by atoms with E-state index in [0.29, 0.717) is 27.7 Å². The number of anilines is 2. The number of nitrogens with zero attached hydrogens (tertiary/aromatic N) is 1. The Balaban J connectivity index is 1.70. The number of nitrogens with one attached hydrogen (secondary N) is 1. The molecule has 0 aliphatic carbocycles. The van der Waals surface area contributed by atoms with Gasteiger partial charge < -0.3 is 15.0 Å². The molecule has 2 aromatic carbocycles. The zero-order chi connectivity index (χ0) is 18.8. The van der Waals surface area contributed by atoms with Crippen molar-refractivity contribution in [1.82, 2.24) is 0 Å². The summed E-state index contributed by atoms with van der Waals surface area (Å²) in [4.78, 5) is 26.2. The van der Waals surface area contributed by atoms with Crippen molar-refractivity contribution in [2.45, 2.75) is 13.3 Å². The highest BCUT2D eigenvalue weighted by Crippen LogP contribution is 2.30. The van der Waals surface area contributed by atoms with E-state index in [1.54, 1.807) is 37.3 Å². The van der Waals surface area contributed by atoms with Gasteiger partial charge in [0.25, 0.3) is 0 Å². The summed E-state index contributed by atoms with van der Waals surface area (Å²) < 4.78 is 18.8. The van der Waals surface area contributed by atoms with Crippen LogP contribution in [0.2, 0.25) is 5.02 Å². The fraction of sp³-hybridized carbons (Fsp3) is 0.263. The molecule has 0 radical (unpaired) electrons. The van der Waals surface area contributed by atoms with E-state index in [0.717, 1.165) is 0 Å². The van der Waals surface area contributed by atoms with Crippen LogP contribution in [-0.4, -0.2) is 25.5 Å². The third-order valence-corrected chi connectivity index (χ3v) is 4.68. The van der Waals surface area contributed by atoms with E-state index >= 15 is 0 Å². The predicted octanol–water partition coefficient (Wildman–Crippen LogP) is 3.79. The number of rotatable bonds is 4. The van der Waals surface area contributed by atoms with Gasteiger partial charge in [0.2, 0.25) is 11.8 Å². The number of hydrogen-bond acceptors (Lipinski definition) is 3. The number of amides is 2. The first-order valence-corrected chi connectivity index (χ1v) is 8.47. The minimum atomic E-state index is -0.521. The number of methoxy groups -OCH3 is 1. The smallest absolute Gasteiger partial charge is 0.229 e. The van der Waals surface area contributed by atoms with Crippen LogP contribution < -0.4 is 15.0 Å². The molecule has 1 heterocycles. The van der Waals surface area contributed by atoms with E-state index in [1.165, 1.54) is 18.1 Å². The van der Waals surface area contributed by atoms with Crippen molar-refractivity contribution in [2.75, 3.05) is 23.9 Å². The molecule has 2 amide bonds. The Morgan fingerprint density at radius 3 is 2.73 bits per heavy atom. The molecule has 1 N–H and O–H groups in total. The van der Waals surface area contributed by atoms with Gasteiger partial charge in [0, 0.05) is 24.3 Å². The summed E-state index contributed by atoms with van der Waals surface area (Å²) in [7, 11) is 1.51. The number of carbonyl (C=O) groups excluding carboxylic acids is 2. The average molecular weight is 377 g/mol. The summed E-state index contributed by atoms with van der Waals surface area (Å²) in [5.41, 5.74) is 1.49. The summed E-state index contributed by atoms with van der Waals surface area (Å²) in [6.07, 6.45) is 0.0746. The molecule has 0 aromatic heterocycles. The molecule has 5 nitrogen and oxygen atoms in total. The van der Waals surface area contributed by atoms with Crippen LogP contribution in [0.5, 0.6) is 5.75 Å². The highest BCUT2D eigenvalue weighted by Gasteiger charge is 2.35. The summed E-state index contributed by atoms with van der Waals surface area (Å²) in [6.45, 7) is 1.86. The molecule has 0 bridgehead atoms. The predicted molar refractivity (Wildman–Crippen MR) is 98.2 cm³/mol. The number of hydrogen-bond donors (Lipinski definition) is 1. The minimum absolute atomic E-state index is 0.0746. The van der Waals surface area contributed by atoms with Crippen molar-refractivity contribution in [2.24, 2.45) is 5.92 Å². The topological polar surface area (TPSA) is 58.6 Å². The number of aryl methyl sites for hydroxylation is 1. The van der Waals surface area contributed by atoms with Crippen LogP contribution in [-0.2, 0) is 9.59 Å². The number of ether oxygens (including phenoxy) is 1. The maximum absolute atomic E-state index is 13.8. The molecule has 1 saturated heterocycles. The van der Waals surface area contributed by atoms with Crippen molar-refractivity contribution in [3.63, 3.8) is 0 Å². The number of halogens is 2. The Kier molecular flexibility index (Phi) is 5.13. The maximum Gasteiger partial charge on any atom is 0.229 e. The second kappa shape index (κ2) is 7.33. The van der Waals surface area contributed by atoms with Crippen molar-refractivity contribution >= 4 is 34.8 Å². The fourth-order valence-corrected chi connectivity index (χ4v) is 3.13. The van der Waals surface area contributed by atoms with Crippen LogP contribution in [0, 0.1) is 18.7 Å². The molecule has 0 spiro atoms. The summed E-state index contributed by atoms with van der Waals surface area (Å²) in [6, 6.07) is 9.52. The first-order chi connectivity index (χ1) is 12.4. The number of benzene rings is 2. The minimum Gasteiger partial charge on any atom is -0.495 e. The molecule has 2 aromatic rings. The second-order valence-corrected chi connectivity index (χ2v) is 6.58. The van der Waals surface area contributed by atoms with E-state index in [1.807, 2.05) is 0 Å². The zero-order valence-corrected chi connectivity index (χ0v) is 15.1. The van der Waals surface area contributed by atoms with Gasteiger partial charge in [-0.1, -0.05) is 17.7 Å². The Morgan fingerprint density at radius 2 is 2.08 bits per heavy atom. The van der Waals surface area contributed by atoms with Gasteiger partial charge in [0.05, 0.1) is 18.1 Å². The van der Waals surface area contributed by atoms with Crippen molar-refractivity contribution in [3.8, 4) is 5.75 Å². The van der Waals surface area contributed by atoms with Crippen LogP contribution in [0.15, 0.2) is 36.4 Å². The largest absolute Gasteiger partial charge is 0.495 e. The van der Waals surface area contributed by atoms with E-state index in [9.17, 15) is 14.0 Å². The molecule has 1 unspecified atom stereocenters. The summed E-state index contributed by atoms with van der Waals surface area (Å²) in [5.74, 6) is -0.882. The molecule has 26 heavy (non-hydrogen) atoms. The standard InChI is InChI=1S/C19H18ClFN2O3/c1-11-3-5-14(9-16(11)21)23-10-12(7-18(23)24)19(25)22-13-4-6-17(26-2)15(20)8-13/h3-6,8-9,12H,7,10H2,1-2H3,(H,22,25). The van der Waals surface area contributed by atoms with Crippen LogP contribution in [0.1, 0.15) is 12.0 Å². The number of carbonyl (C=O) groups is 2. The van der Waals surface area contributed by atoms with Gasteiger partial charge in [0.1, 0.15) is 11.6 Å². The SMILES string of the molecule is COc1ccc(NC(=O)C2CC(=O)N(c3ccc(C)c(F)c3)C2)cc1Cl. The summed E-state index contributed by atoms with van der Waals surface area (Å²) >= 11 is 6.05. The van der Waals surface area contributed by atoms with Crippen LogP contribution >= 0.6 is 11.6 Å². The lowest BCUT2D eigenvalue weighted by molar-refractivity contribution is -0.122. The van der Waals surface area contributed by atoms with Gasteiger partial charge >= 0.3 is 0 Å². The highest BCUT2D eigenvalue weighted by molar-refractivity contribution is 6.32. The molecule has 1 atom stereocenters. The fourth-order valence-electron chi connectivity index (χ4n) is 2.87. The summed E-state index contributed by atoms with van der Waals surface area (Å²) in [5, 5.41) is 3.14. The Labute approximate surface area is 155 Å². The lowest BCUT2D eigenvalue weighted by atomic mass is 10.1. The first kappa shape index (κ1) is 18.2. The van der Waals surface area contributed by atoms with Gasteiger partial charge in [-0.25, -0.2) is 4.39 Å². The van der Waals surface area contributed by atoms with Gasteiger partial charge in [-0.2, -0.15) is 0 Å². The van der Waals surface area contributed by atoms with Crippen molar-refractivity contribution < 1.29 is 18.7 Å². The lowest BCUT2D eigenvalue weighted by Gasteiger charge is -2.17. The second-order valence-electron chi connectivity index (χ2n) is 6.18. The van der Waals surface area contributed by atoms with E-state index < -0.39 is 5.92 Å².